The molecule has 0 bridgehead atoms. The minimum Gasteiger partial charge on any atom is -0.458 e. The molecular weight excluding hydrogens is 267 g/mol. The summed E-state index contributed by atoms with van der Waals surface area (Å²) in [7, 11) is 0. The Morgan fingerprint density at radius 2 is 2.36 bits per heavy atom. The standard InChI is InChI=1S/C10H8BrClO2/c1-2-5-14-10(13)8-6-7(12)3-4-9(8)11/h2-4,6H,1,5H2. The second-order valence-electron chi connectivity index (χ2n) is 2.51. The quantitative estimate of drug-likeness (QED) is 0.624. The van der Waals surface area contributed by atoms with Crippen LogP contribution >= 0.6 is 27.5 Å². The predicted molar refractivity (Wildman–Crippen MR) is 59.6 cm³/mol. The molecule has 0 radical (unpaired) electrons. The smallest absolute Gasteiger partial charge is 0.339 e. The number of hydrogen-bond acceptors (Lipinski definition) is 2. The van der Waals surface area contributed by atoms with Crippen LogP contribution < -0.4 is 0 Å². The maximum absolute atomic E-state index is 11.4. The van der Waals surface area contributed by atoms with Crippen LogP contribution in [-0.2, 0) is 4.74 Å². The van der Waals surface area contributed by atoms with Crippen LogP contribution in [0.15, 0.2) is 35.3 Å². The molecule has 0 aromatic heterocycles. The fourth-order valence-corrected chi connectivity index (χ4v) is 1.45. The summed E-state index contributed by atoms with van der Waals surface area (Å²) < 4.78 is 5.53. The maximum atomic E-state index is 11.4. The van der Waals surface area contributed by atoms with Crippen LogP contribution in [0.25, 0.3) is 0 Å². The number of ether oxygens (including phenoxy) is 1. The lowest BCUT2D eigenvalue weighted by atomic mass is 10.2. The number of benzene rings is 1. The van der Waals surface area contributed by atoms with Gasteiger partial charge in [0.15, 0.2) is 0 Å². The fourth-order valence-electron chi connectivity index (χ4n) is 0.866. The first-order valence-electron chi connectivity index (χ1n) is 3.88. The van der Waals surface area contributed by atoms with E-state index in [1.54, 1.807) is 18.2 Å². The van der Waals surface area contributed by atoms with Gasteiger partial charge in [0.2, 0.25) is 0 Å². The second-order valence-corrected chi connectivity index (χ2v) is 3.80. The van der Waals surface area contributed by atoms with Crippen molar-refractivity contribution in [2.45, 2.75) is 0 Å². The molecule has 0 unspecified atom stereocenters. The van der Waals surface area contributed by atoms with Gasteiger partial charge >= 0.3 is 5.97 Å². The third-order valence-corrected chi connectivity index (χ3v) is 2.41. The van der Waals surface area contributed by atoms with E-state index in [0.717, 1.165) is 0 Å². The van der Waals surface area contributed by atoms with Gasteiger partial charge in [0.25, 0.3) is 0 Å². The lowest BCUT2D eigenvalue weighted by Crippen LogP contribution is -2.05. The van der Waals surface area contributed by atoms with Gasteiger partial charge in [0.1, 0.15) is 6.61 Å². The first kappa shape index (κ1) is 11.3. The average Bonchev–Trinajstić information content (AvgIpc) is 2.18. The number of rotatable bonds is 3. The molecule has 1 rings (SSSR count). The predicted octanol–water partition coefficient (Wildman–Crippen LogP) is 3.45. The van der Waals surface area contributed by atoms with Crippen molar-refractivity contribution in [3.8, 4) is 0 Å². The largest absolute Gasteiger partial charge is 0.458 e. The Labute approximate surface area is 95.6 Å². The molecule has 0 heterocycles. The molecule has 0 saturated heterocycles. The minimum atomic E-state index is -0.417. The first-order valence-corrected chi connectivity index (χ1v) is 5.05. The van der Waals surface area contributed by atoms with E-state index in [1.165, 1.54) is 6.08 Å². The Kier molecular flexibility index (Phi) is 4.17. The monoisotopic (exact) mass is 274 g/mol. The second kappa shape index (κ2) is 5.17. The lowest BCUT2D eigenvalue weighted by molar-refractivity contribution is 0.0548. The molecule has 0 fully saturated rings. The van der Waals surface area contributed by atoms with Crippen LogP contribution in [0.2, 0.25) is 5.02 Å². The van der Waals surface area contributed by atoms with E-state index in [4.69, 9.17) is 16.3 Å². The van der Waals surface area contributed by atoms with Gasteiger partial charge in [-0.15, -0.1) is 0 Å². The van der Waals surface area contributed by atoms with Crippen LogP contribution in [-0.4, -0.2) is 12.6 Å². The topological polar surface area (TPSA) is 26.3 Å². The molecule has 0 N–H and O–H groups in total. The summed E-state index contributed by atoms with van der Waals surface area (Å²) in [5.41, 5.74) is 0.416. The van der Waals surface area contributed by atoms with Crippen molar-refractivity contribution in [1.29, 1.82) is 0 Å². The molecule has 14 heavy (non-hydrogen) atoms. The molecule has 0 aliphatic rings. The van der Waals surface area contributed by atoms with Crippen LogP contribution in [0.4, 0.5) is 0 Å². The van der Waals surface area contributed by atoms with Gasteiger partial charge in [-0.25, -0.2) is 4.79 Å². The highest BCUT2D eigenvalue weighted by Crippen LogP contribution is 2.21. The van der Waals surface area contributed by atoms with E-state index in [2.05, 4.69) is 22.5 Å². The van der Waals surface area contributed by atoms with E-state index >= 15 is 0 Å². The van der Waals surface area contributed by atoms with E-state index in [9.17, 15) is 4.79 Å². The van der Waals surface area contributed by atoms with Crippen LogP contribution in [0, 0.1) is 0 Å². The summed E-state index contributed by atoms with van der Waals surface area (Å²) in [4.78, 5) is 11.4. The van der Waals surface area contributed by atoms with Crippen molar-refractivity contribution in [2.75, 3.05) is 6.61 Å². The summed E-state index contributed by atoms with van der Waals surface area (Å²) in [5.74, 6) is -0.417. The Hall–Kier alpha value is -0.800. The number of hydrogen-bond donors (Lipinski definition) is 0. The Balaban J connectivity index is 2.88. The zero-order valence-corrected chi connectivity index (χ0v) is 9.64. The van der Waals surface area contributed by atoms with Crippen LogP contribution in [0.5, 0.6) is 0 Å². The molecule has 4 heteroatoms. The van der Waals surface area contributed by atoms with Gasteiger partial charge in [-0.2, -0.15) is 0 Å². The summed E-state index contributed by atoms with van der Waals surface area (Å²) >= 11 is 8.98. The molecule has 0 aliphatic carbocycles. The number of esters is 1. The number of halogens is 2. The maximum Gasteiger partial charge on any atom is 0.339 e. The van der Waals surface area contributed by atoms with Gasteiger partial charge < -0.3 is 4.74 Å². The van der Waals surface area contributed by atoms with E-state index in [1.807, 2.05) is 0 Å². The highest BCUT2D eigenvalue weighted by molar-refractivity contribution is 9.10. The van der Waals surface area contributed by atoms with Crippen molar-refractivity contribution >= 4 is 33.5 Å². The number of carbonyl (C=O) groups excluding carboxylic acids is 1. The zero-order valence-electron chi connectivity index (χ0n) is 7.30. The molecule has 0 spiro atoms. The van der Waals surface area contributed by atoms with Crippen molar-refractivity contribution < 1.29 is 9.53 Å². The van der Waals surface area contributed by atoms with Crippen LogP contribution in [0.3, 0.4) is 0 Å². The summed E-state index contributed by atoms with van der Waals surface area (Å²) in [5, 5.41) is 0.499. The lowest BCUT2D eigenvalue weighted by Gasteiger charge is -2.04. The zero-order chi connectivity index (χ0) is 10.6. The van der Waals surface area contributed by atoms with Crippen LogP contribution in [0.1, 0.15) is 10.4 Å². The molecule has 74 valence electrons. The van der Waals surface area contributed by atoms with E-state index in [-0.39, 0.29) is 6.61 Å². The average molecular weight is 276 g/mol. The third kappa shape index (κ3) is 2.86. The van der Waals surface area contributed by atoms with Gasteiger partial charge in [0, 0.05) is 9.50 Å². The van der Waals surface area contributed by atoms with Gasteiger partial charge in [-0.1, -0.05) is 24.3 Å². The Morgan fingerprint density at radius 1 is 1.64 bits per heavy atom. The molecule has 1 aromatic carbocycles. The van der Waals surface area contributed by atoms with Gasteiger partial charge in [-0.05, 0) is 34.1 Å². The van der Waals surface area contributed by atoms with Crippen molar-refractivity contribution in [3.05, 3.63) is 45.9 Å². The first-order chi connectivity index (χ1) is 6.65. The minimum absolute atomic E-state index is 0.192. The number of carbonyl (C=O) groups is 1. The summed E-state index contributed by atoms with van der Waals surface area (Å²) in [6, 6.07) is 4.94. The molecule has 0 atom stereocenters. The summed E-state index contributed by atoms with van der Waals surface area (Å²) in [6.07, 6.45) is 1.51. The molecule has 0 amide bonds. The van der Waals surface area contributed by atoms with Gasteiger partial charge in [-0.3, -0.25) is 0 Å². The third-order valence-electron chi connectivity index (χ3n) is 1.48. The van der Waals surface area contributed by atoms with E-state index in [0.29, 0.717) is 15.1 Å². The fraction of sp³-hybridized carbons (Fsp3) is 0.100. The van der Waals surface area contributed by atoms with E-state index < -0.39 is 5.97 Å². The molecule has 2 nitrogen and oxygen atoms in total. The Bertz CT molecular complexity index is 363. The molecule has 1 aromatic rings. The molecule has 0 aliphatic heterocycles. The molecular formula is C10H8BrClO2. The van der Waals surface area contributed by atoms with Crippen molar-refractivity contribution in [3.63, 3.8) is 0 Å². The Morgan fingerprint density at radius 3 is 3.00 bits per heavy atom. The van der Waals surface area contributed by atoms with Gasteiger partial charge in [0.05, 0.1) is 5.56 Å². The highest BCUT2D eigenvalue weighted by Gasteiger charge is 2.11. The summed E-state index contributed by atoms with van der Waals surface area (Å²) in [6.45, 7) is 3.64. The SMILES string of the molecule is C=CCOC(=O)c1cc(Cl)ccc1Br. The van der Waals surface area contributed by atoms with Crippen molar-refractivity contribution in [1.82, 2.24) is 0 Å². The molecule has 0 saturated carbocycles. The van der Waals surface area contributed by atoms with Crippen molar-refractivity contribution in [2.24, 2.45) is 0 Å². The normalized spacial score (nSPS) is 9.57. The highest BCUT2D eigenvalue weighted by atomic mass is 79.9.